The summed E-state index contributed by atoms with van der Waals surface area (Å²) in [6.45, 7) is 2.97. The number of hydrogen-bond donors (Lipinski definition) is 1. The number of aryl methyl sites for hydroxylation is 1. The Morgan fingerprint density at radius 2 is 1.83 bits per heavy atom. The lowest BCUT2D eigenvalue weighted by Crippen LogP contribution is -2.20. The summed E-state index contributed by atoms with van der Waals surface area (Å²) in [6.07, 6.45) is 1.22. The van der Waals surface area contributed by atoms with Gasteiger partial charge in [0.15, 0.2) is 0 Å². The van der Waals surface area contributed by atoms with E-state index in [0.717, 1.165) is 5.56 Å². The Morgan fingerprint density at radius 3 is 2.28 bits per heavy atom. The molecule has 0 heterocycles. The first-order valence-electron chi connectivity index (χ1n) is 6.03. The molecule has 0 spiro atoms. The summed E-state index contributed by atoms with van der Waals surface area (Å²) >= 11 is 0. The van der Waals surface area contributed by atoms with E-state index in [0.29, 0.717) is 12.8 Å². The second-order valence-electron chi connectivity index (χ2n) is 4.72. The first kappa shape index (κ1) is 14.6. The molecule has 1 rings (SSSR count). The van der Waals surface area contributed by atoms with Crippen molar-refractivity contribution in [3.63, 3.8) is 0 Å². The summed E-state index contributed by atoms with van der Waals surface area (Å²) in [6, 6.07) is 6.15. The van der Waals surface area contributed by atoms with Gasteiger partial charge in [-0.15, -0.1) is 0 Å². The normalized spacial score (nSPS) is 11.8. The molecule has 2 nitrogen and oxygen atoms in total. The van der Waals surface area contributed by atoms with Crippen molar-refractivity contribution >= 4 is 5.97 Å². The molecule has 0 unspecified atom stereocenters. The average Bonchev–Trinajstić information content (AvgIpc) is 2.29. The number of benzene rings is 1. The highest BCUT2D eigenvalue weighted by Crippen LogP contribution is 2.35. The fourth-order valence-corrected chi connectivity index (χ4v) is 1.67. The highest BCUT2D eigenvalue weighted by molar-refractivity contribution is 5.66. The smallest absolute Gasteiger partial charge is 0.303 e. The third-order valence-electron chi connectivity index (χ3n) is 2.92. The van der Waals surface area contributed by atoms with Crippen LogP contribution in [0.15, 0.2) is 24.3 Å². The summed E-state index contributed by atoms with van der Waals surface area (Å²) in [5.41, 5.74) is 0.902. The minimum atomic E-state index is -2.82. The molecule has 1 N–H and O–H groups in total. The second-order valence-corrected chi connectivity index (χ2v) is 4.72. The van der Waals surface area contributed by atoms with Crippen molar-refractivity contribution in [3.05, 3.63) is 35.4 Å². The summed E-state index contributed by atoms with van der Waals surface area (Å²) in [7, 11) is 0. The first-order valence-corrected chi connectivity index (χ1v) is 6.03. The molecule has 100 valence electrons. The predicted octanol–water partition coefficient (Wildman–Crippen LogP) is 3.84. The standard InChI is InChI=1S/C14H18F2O2/c1-10(2)14(15,16)12-8-6-11(7-9-12)4-3-5-13(17)18/h6-10H,3-5H2,1-2H3,(H,17,18). The Bertz CT molecular complexity index is 397. The second kappa shape index (κ2) is 5.94. The molecule has 0 saturated heterocycles. The van der Waals surface area contributed by atoms with Crippen molar-refractivity contribution in [2.24, 2.45) is 5.92 Å². The lowest BCUT2D eigenvalue weighted by molar-refractivity contribution is -0.137. The molecule has 0 radical (unpaired) electrons. The van der Waals surface area contributed by atoms with Crippen LogP contribution < -0.4 is 0 Å². The van der Waals surface area contributed by atoms with Crippen molar-refractivity contribution in [2.45, 2.75) is 39.0 Å². The van der Waals surface area contributed by atoms with E-state index in [1.165, 1.54) is 26.0 Å². The number of alkyl halides is 2. The van der Waals surface area contributed by atoms with Crippen LogP contribution in [-0.4, -0.2) is 11.1 Å². The van der Waals surface area contributed by atoms with Crippen LogP contribution in [0.2, 0.25) is 0 Å². The van der Waals surface area contributed by atoms with Gasteiger partial charge in [-0.1, -0.05) is 38.1 Å². The maximum absolute atomic E-state index is 13.7. The Balaban J connectivity index is 2.65. The molecule has 4 heteroatoms. The first-order chi connectivity index (χ1) is 8.34. The van der Waals surface area contributed by atoms with Gasteiger partial charge in [-0.2, -0.15) is 0 Å². The van der Waals surface area contributed by atoms with Gasteiger partial charge >= 0.3 is 5.97 Å². The zero-order chi connectivity index (χ0) is 13.8. The van der Waals surface area contributed by atoms with Crippen LogP contribution in [0.25, 0.3) is 0 Å². The maximum atomic E-state index is 13.7. The molecule has 0 atom stereocenters. The minimum Gasteiger partial charge on any atom is -0.481 e. The van der Waals surface area contributed by atoms with Crippen molar-refractivity contribution in [1.29, 1.82) is 0 Å². The van der Waals surface area contributed by atoms with Gasteiger partial charge in [0.05, 0.1) is 0 Å². The molecule has 0 aliphatic rings. The molecule has 0 aliphatic carbocycles. The number of aliphatic carboxylic acids is 1. The summed E-state index contributed by atoms with van der Waals surface area (Å²) in [5, 5.41) is 8.50. The van der Waals surface area contributed by atoms with E-state index >= 15 is 0 Å². The summed E-state index contributed by atoms with van der Waals surface area (Å²) < 4.78 is 27.4. The Morgan fingerprint density at radius 1 is 1.28 bits per heavy atom. The van der Waals surface area contributed by atoms with Gasteiger partial charge in [0.25, 0.3) is 5.92 Å². The molecular formula is C14H18F2O2. The van der Waals surface area contributed by atoms with Gasteiger partial charge in [0.1, 0.15) is 0 Å². The minimum absolute atomic E-state index is 0.0134. The number of carboxylic acid groups (broad SMARTS) is 1. The number of rotatable bonds is 6. The largest absolute Gasteiger partial charge is 0.481 e. The lowest BCUT2D eigenvalue weighted by atomic mass is 9.96. The van der Waals surface area contributed by atoms with E-state index in [2.05, 4.69) is 0 Å². The van der Waals surface area contributed by atoms with E-state index < -0.39 is 17.8 Å². The van der Waals surface area contributed by atoms with Crippen LogP contribution in [0.4, 0.5) is 8.78 Å². The number of halogens is 2. The van der Waals surface area contributed by atoms with Crippen LogP contribution in [0.1, 0.15) is 37.8 Å². The SMILES string of the molecule is CC(C)C(F)(F)c1ccc(CCCC(=O)O)cc1. The van der Waals surface area contributed by atoms with E-state index in [9.17, 15) is 13.6 Å². The van der Waals surface area contributed by atoms with Crippen molar-refractivity contribution in [1.82, 2.24) is 0 Å². The fraction of sp³-hybridized carbons (Fsp3) is 0.500. The van der Waals surface area contributed by atoms with E-state index in [1.807, 2.05) is 0 Å². The summed E-state index contributed by atoms with van der Waals surface area (Å²) in [5.74, 6) is -4.40. The maximum Gasteiger partial charge on any atom is 0.303 e. The molecule has 0 aliphatic heterocycles. The monoisotopic (exact) mass is 256 g/mol. The highest BCUT2D eigenvalue weighted by atomic mass is 19.3. The lowest BCUT2D eigenvalue weighted by Gasteiger charge is -2.20. The third-order valence-corrected chi connectivity index (χ3v) is 2.92. The molecule has 0 aromatic heterocycles. The van der Waals surface area contributed by atoms with Crippen LogP contribution >= 0.6 is 0 Å². The molecular weight excluding hydrogens is 238 g/mol. The van der Waals surface area contributed by atoms with Gasteiger partial charge in [-0.05, 0) is 18.4 Å². The summed E-state index contributed by atoms with van der Waals surface area (Å²) in [4.78, 5) is 10.4. The van der Waals surface area contributed by atoms with Crippen molar-refractivity contribution < 1.29 is 18.7 Å². The molecule has 0 saturated carbocycles. The molecule has 0 fully saturated rings. The Kier molecular flexibility index (Phi) is 4.82. The Hall–Kier alpha value is -1.45. The molecule has 18 heavy (non-hydrogen) atoms. The molecule has 1 aromatic carbocycles. The fourth-order valence-electron chi connectivity index (χ4n) is 1.67. The van der Waals surface area contributed by atoms with Crippen LogP contribution in [-0.2, 0) is 17.1 Å². The zero-order valence-corrected chi connectivity index (χ0v) is 10.6. The van der Waals surface area contributed by atoms with E-state index in [4.69, 9.17) is 5.11 Å². The van der Waals surface area contributed by atoms with Crippen LogP contribution in [0.5, 0.6) is 0 Å². The molecule has 0 amide bonds. The molecule has 0 bridgehead atoms. The average molecular weight is 256 g/mol. The topological polar surface area (TPSA) is 37.3 Å². The van der Waals surface area contributed by atoms with Crippen LogP contribution in [0.3, 0.4) is 0 Å². The van der Waals surface area contributed by atoms with E-state index in [-0.39, 0.29) is 12.0 Å². The number of carbonyl (C=O) groups is 1. The van der Waals surface area contributed by atoms with Gasteiger partial charge in [0.2, 0.25) is 0 Å². The van der Waals surface area contributed by atoms with Gasteiger partial charge < -0.3 is 5.11 Å². The predicted molar refractivity (Wildman–Crippen MR) is 65.7 cm³/mol. The van der Waals surface area contributed by atoms with Crippen LogP contribution in [0, 0.1) is 5.92 Å². The third kappa shape index (κ3) is 3.79. The number of carboxylic acids is 1. The zero-order valence-electron chi connectivity index (χ0n) is 10.6. The van der Waals surface area contributed by atoms with E-state index in [1.54, 1.807) is 12.1 Å². The molecule has 1 aromatic rings. The number of hydrogen-bond acceptors (Lipinski definition) is 1. The van der Waals surface area contributed by atoms with Gasteiger partial charge in [0, 0.05) is 17.9 Å². The van der Waals surface area contributed by atoms with Crippen molar-refractivity contribution in [2.75, 3.05) is 0 Å². The van der Waals surface area contributed by atoms with Gasteiger partial charge in [-0.25, -0.2) is 8.78 Å². The highest BCUT2D eigenvalue weighted by Gasteiger charge is 2.35. The van der Waals surface area contributed by atoms with Crippen molar-refractivity contribution in [3.8, 4) is 0 Å². The quantitative estimate of drug-likeness (QED) is 0.839. The van der Waals surface area contributed by atoms with Gasteiger partial charge in [-0.3, -0.25) is 4.79 Å². The Labute approximate surface area is 106 Å².